The molecule has 0 aliphatic carbocycles. The van der Waals surface area contributed by atoms with Crippen LogP contribution in [0.4, 0.5) is 4.39 Å². The lowest BCUT2D eigenvalue weighted by atomic mass is 9.95. The molecule has 2 unspecified atom stereocenters. The summed E-state index contributed by atoms with van der Waals surface area (Å²) >= 11 is 4.82. The number of morpholine rings is 1. The summed E-state index contributed by atoms with van der Waals surface area (Å²) in [5, 5.41) is 5.76. The van der Waals surface area contributed by atoms with Crippen molar-refractivity contribution >= 4 is 45.0 Å². The highest BCUT2D eigenvalue weighted by Gasteiger charge is 2.36. The fourth-order valence-corrected chi connectivity index (χ4v) is 5.03. The van der Waals surface area contributed by atoms with E-state index in [-0.39, 0.29) is 12.2 Å². The molecule has 1 aromatic heterocycles. The van der Waals surface area contributed by atoms with Crippen molar-refractivity contribution in [2.24, 2.45) is 4.99 Å². The van der Waals surface area contributed by atoms with Gasteiger partial charge >= 0.3 is 11.9 Å². The Morgan fingerprint density at radius 2 is 2.14 bits per heavy atom. The van der Waals surface area contributed by atoms with Gasteiger partial charge in [-0.15, -0.1) is 11.3 Å². The highest BCUT2D eigenvalue weighted by Crippen LogP contribution is 2.37. The van der Waals surface area contributed by atoms with E-state index in [1.807, 2.05) is 5.38 Å². The fourth-order valence-electron chi connectivity index (χ4n) is 3.87. The summed E-state index contributed by atoms with van der Waals surface area (Å²) in [4.78, 5) is 37.1. The van der Waals surface area contributed by atoms with Crippen LogP contribution in [0, 0.1) is 5.82 Å². The largest absolute Gasteiger partial charge is 0.463 e. The topological polar surface area (TPSA) is 102 Å². The maximum absolute atomic E-state index is 13.9. The minimum absolute atomic E-state index is 0.167. The zero-order valence-corrected chi connectivity index (χ0v) is 22.2. The summed E-state index contributed by atoms with van der Waals surface area (Å²) < 4.78 is 30.4. The number of aromatic nitrogens is 1. The summed E-state index contributed by atoms with van der Waals surface area (Å²) in [6.07, 6.45) is 0.555. The number of halogens is 2. The Balaban J connectivity index is 1.78. The molecule has 0 spiro atoms. The van der Waals surface area contributed by atoms with Gasteiger partial charge in [-0.1, -0.05) is 22.0 Å². The van der Waals surface area contributed by atoms with E-state index in [2.05, 4.69) is 31.1 Å². The Morgan fingerprint density at radius 1 is 1.36 bits per heavy atom. The van der Waals surface area contributed by atoms with Crippen molar-refractivity contribution in [1.29, 1.82) is 0 Å². The first-order chi connectivity index (χ1) is 17.4. The molecular formula is C24H26BrFN4O5S. The standard InChI is InChI=1S/C24H26BrFN4O5S/c1-3-34-23(31)14(2)35-24(32)19-18(13-30-7-9-33-10-8-30)28-21(22-27-6-11-36-22)29-20(19)16-5-4-15(26)12-17(16)25/h4-6,11-12,14,20H,3,7-10,13H2,1-2H3,(H,28,29). The number of thiazole rings is 1. The van der Waals surface area contributed by atoms with E-state index in [0.717, 1.165) is 0 Å². The Morgan fingerprint density at radius 3 is 2.81 bits per heavy atom. The molecule has 0 radical (unpaired) electrons. The van der Waals surface area contributed by atoms with E-state index in [0.29, 0.717) is 59.4 Å². The van der Waals surface area contributed by atoms with Crippen LogP contribution in [0.3, 0.4) is 0 Å². The second-order valence-electron chi connectivity index (χ2n) is 8.09. The van der Waals surface area contributed by atoms with Crippen LogP contribution in [0.1, 0.15) is 30.5 Å². The van der Waals surface area contributed by atoms with Gasteiger partial charge in [0.2, 0.25) is 0 Å². The van der Waals surface area contributed by atoms with Crippen molar-refractivity contribution < 1.29 is 28.2 Å². The number of benzene rings is 1. The molecule has 0 saturated carbocycles. The molecule has 36 heavy (non-hydrogen) atoms. The number of amidine groups is 1. The van der Waals surface area contributed by atoms with Gasteiger partial charge in [-0.05, 0) is 31.5 Å². The van der Waals surface area contributed by atoms with Crippen molar-refractivity contribution in [2.75, 3.05) is 39.5 Å². The van der Waals surface area contributed by atoms with Crippen molar-refractivity contribution in [3.63, 3.8) is 0 Å². The van der Waals surface area contributed by atoms with Crippen LogP contribution >= 0.6 is 27.3 Å². The number of carbonyl (C=O) groups excluding carboxylic acids is 2. The molecule has 0 bridgehead atoms. The minimum atomic E-state index is -1.11. The predicted octanol–water partition coefficient (Wildman–Crippen LogP) is 3.22. The van der Waals surface area contributed by atoms with Gasteiger partial charge in [-0.3, -0.25) is 9.89 Å². The van der Waals surface area contributed by atoms with Gasteiger partial charge in [0.05, 0.1) is 25.4 Å². The molecule has 2 atom stereocenters. The highest BCUT2D eigenvalue weighted by molar-refractivity contribution is 9.10. The molecule has 2 aromatic rings. The summed E-state index contributed by atoms with van der Waals surface area (Å²) in [6, 6.07) is 3.37. The number of rotatable bonds is 8. The smallest absolute Gasteiger partial charge is 0.347 e. The van der Waals surface area contributed by atoms with Crippen molar-refractivity contribution in [2.45, 2.75) is 26.0 Å². The van der Waals surface area contributed by atoms with E-state index < -0.39 is 29.9 Å². The first-order valence-electron chi connectivity index (χ1n) is 11.5. The molecule has 2 aliphatic rings. The third-order valence-electron chi connectivity index (χ3n) is 5.63. The fraction of sp³-hybridized carbons (Fsp3) is 0.417. The summed E-state index contributed by atoms with van der Waals surface area (Å²) in [7, 11) is 0. The van der Waals surface area contributed by atoms with E-state index in [9.17, 15) is 14.0 Å². The number of hydrogen-bond donors (Lipinski definition) is 1. The zero-order valence-electron chi connectivity index (χ0n) is 19.8. The van der Waals surface area contributed by atoms with E-state index >= 15 is 0 Å². The first-order valence-corrected chi connectivity index (χ1v) is 13.1. The van der Waals surface area contributed by atoms with Gasteiger partial charge in [0, 0.05) is 41.4 Å². The predicted molar refractivity (Wildman–Crippen MR) is 135 cm³/mol. The molecule has 3 heterocycles. The van der Waals surface area contributed by atoms with Crippen LogP contribution in [-0.2, 0) is 23.8 Å². The average Bonchev–Trinajstić information content (AvgIpc) is 3.39. The SMILES string of the molecule is CCOC(=O)C(C)OC(=O)C1=C(CN2CCOCC2)NC(c2nccs2)=NC1c1ccc(F)cc1Br. The molecule has 2 aliphatic heterocycles. The zero-order chi connectivity index (χ0) is 25.7. The number of nitrogens with zero attached hydrogens (tertiary/aromatic N) is 3. The van der Waals surface area contributed by atoms with Gasteiger partial charge in [0.15, 0.2) is 16.9 Å². The normalized spacial score (nSPS) is 19.3. The second-order valence-corrected chi connectivity index (χ2v) is 9.84. The molecule has 1 aromatic carbocycles. The maximum atomic E-state index is 13.9. The number of carbonyl (C=O) groups is 2. The molecule has 192 valence electrons. The molecule has 12 heteroatoms. The molecule has 0 amide bonds. The number of aliphatic imine (C=N–C) groups is 1. The van der Waals surface area contributed by atoms with E-state index in [4.69, 9.17) is 19.2 Å². The summed E-state index contributed by atoms with van der Waals surface area (Å²) in [5.74, 6) is -1.29. The molecule has 9 nitrogen and oxygen atoms in total. The summed E-state index contributed by atoms with van der Waals surface area (Å²) in [5.41, 5.74) is 1.37. The van der Waals surface area contributed by atoms with Crippen LogP contribution in [0.2, 0.25) is 0 Å². The van der Waals surface area contributed by atoms with Crippen molar-refractivity contribution in [3.8, 4) is 0 Å². The van der Waals surface area contributed by atoms with E-state index in [1.54, 1.807) is 19.2 Å². The Labute approximate surface area is 220 Å². The van der Waals surface area contributed by atoms with Crippen molar-refractivity contribution in [1.82, 2.24) is 15.2 Å². The van der Waals surface area contributed by atoms with Crippen LogP contribution < -0.4 is 5.32 Å². The second kappa shape index (κ2) is 12.0. The van der Waals surface area contributed by atoms with Crippen molar-refractivity contribution in [3.05, 3.63) is 61.9 Å². The van der Waals surface area contributed by atoms with Gasteiger partial charge in [0.25, 0.3) is 0 Å². The highest BCUT2D eigenvalue weighted by atomic mass is 79.9. The van der Waals surface area contributed by atoms with Gasteiger partial charge < -0.3 is 19.5 Å². The number of ether oxygens (including phenoxy) is 3. The van der Waals surface area contributed by atoms with Gasteiger partial charge in [-0.25, -0.2) is 19.0 Å². The Hall–Kier alpha value is -2.67. The quantitative estimate of drug-likeness (QED) is 0.475. The maximum Gasteiger partial charge on any atom is 0.347 e. The monoisotopic (exact) mass is 580 g/mol. The van der Waals surface area contributed by atoms with Crippen LogP contribution in [0.5, 0.6) is 0 Å². The lowest BCUT2D eigenvalue weighted by molar-refractivity contribution is -0.164. The van der Waals surface area contributed by atoms with E-state index in [1.165, 1.54) is 30.4 Å². The lowest BCUT2D eigenvalue weighted by Crippen LogP contribution is -2.43. The van der Waals surface area contributed by atoms with Crippen LogP contribution in [-0.4, -0.2) is 73.2 Å². The Bertz CT molecular complexity index is 1170. The number of hydrogen-bond acceptors (Lipinski definition) is 10. The summed E-state index contributed by atoms with van der Waals surface area (Å²) in [6.45, 7) is 6.21. The third kappa shape index (κ3) is 6.17. The molecule has 4 rings (SSSR count). The molecular weight excluding hydrogens is 555 g/mol. The van der Waals surface area contributed by atoms with Gasteiger partial charge in [-0.2, -0.15) is 0 Å². The van der Waals surface area contributed by atoms with Crippen LogP contribution in [0.25, 0.3) is 0 Å². The lowest BCUT2D eigenvalue weighted by Gasteiger charge is -2.32. The van der Waals surface area contributed by atoms with Crippen LogP contribution in [0.15, 0.2) is 50.5 Å². The first kappa shape index (κ1) is 26.4. The number of esters is 2. The average molecular weight is 581 g/mol. The Kier molecular flexibility index (Phi) is 8.83. The number of nitrogens with one attached hydrogen (secondary N) is 1. The molecule has 1 N–H and O–H groups in total. The minimum Gasteiger partial charge on any atom is -0.463 e. The molecule has 1 saturated heterocycles. The molecule has 1 fully saturated rings. The third-order valence-corrected chi connectivity index (χ3v) is 7.09. The van der Waals surface area contributed by atoms with Gasteiger partial charge in [0.1, 0.15) is 11.9 Å².